The molecule has 3 rings (SSSR count). The van der Waals surface area contributed by atoms with Crippen LogP contribution in [0.15, 0.2) is 66.9 Å². The van der Waals surface area contributed by atoms with Crippen molar-refractivity contribution < 1.29 is 31.8 Å². The Kier molecular flexibility index (Phi) is 7.91. The van der Waals surface area contributed by atoms with Crippen molar-refractivity contribution in [3.05, 3.63) is 72.4 Å². The van der Waals surface area contributed by atoms with Crippen molar-refractivity contribution in [1.82, 2.24) is 4.98 Å². The molecule has 0 fully saturated rings. The van der Waals surface area contributed by atoms with E-state index in [0.717, 1.165) is 10.9 Å². The van der Waals surface area contributed by atoms with Gasteiger partial charge in [0, 0.05) is 28.4 Å². The number of para-hydroxylation sites is 1. The number of rotatable bonds is 3. The summed E-state index contributed by atoms with van der Waals surface area (Å²) < 4.78 is 0. The quantitative estimate of drug-likeness (QED) is 0.659. The molecule has 0 aliphatic rings. The van der Waals surface area contributed by atoms with E-state index < -0.39 is 12.0 Å². The molecule has 3 aromatic rings. The number of hydrogen-bond acceptors (Lipinski definition) is 4. The van der Waals surface area contributed by atoms with Gasteiger partial charge in [0.1, 0.15) is 17.3 Å². The molecule has 0 aliphatic heterocycles. The predicted molar refractivity (Wildman–Crippen MR) is 89.2 cm³/mol. The third-order valence-corrected chi connectivity index (χ3v) is 3.23. The molecule has 1 heterocycles. The number of phenols is 1. The zero-order valence-electron chi connectivity index (χ0n) is 12.8. The minimum atomic E-state index is -0.959. The first kappa shape index (κ1) is 19.6. The number of aliphatic carboxylic acids is 1. The van der Waals surface area contributed by atoms with Crippen molar-refractivity contribution in [3.8, 4) is 5.75 Å². The van der Waals surface area contributed by atoms with E-state index >= 15 is 0 Å². The molecule has 127 valence electrons. The molecule has 24 heavy (non-hydrogen) atoms. The summed E-state index contributed by atoms with van der Waals surface area (Å²) in [7, 11) is 0. The molecular formula is C18H18CoN2O3. The topological polar surface area (TPSA) is 96.4 Å². The van der Waals surface area contributed by atoms with E-state index in [-0.39, 0.29) is 22.5 Å². The summed E-state index contributed by atoms with van der Waals surface area (Å²) in [6.07, 6.45) is 2.05. The average Bonchev–Trinajstić information content (AvgIpc) is 2.57. The molecule has 1 aromatic heterocycles. The Hall–Kier alpha value is -2.41. The van der Waals surface area contributed by atoms with Gasteiger partial charge in [0.25, 0.3) is 0 Å². The first-order valence-electron chi connectivity index (χ1n) is 7.13. The second kappa shape index (κ2) is 9.66. The third-order valence-electron chi connectivity index (χ3n) is 3.23. The minimum Gasteiger partial charge on any atom is -0.506 e. The van der Waals surface area contributed by atoms with Crippen LogP contribution in [-0.4, -0.2) is 27.2 Å². The van der Waals surface area contributed by atoms with E-state index in [1.165, 1.54) is 0 Å². The molecule has 1 radical (unpaired) electrons. The average molecular weight is 369 g/mol. The van der Waals surface area contributed by atoms with Crippen molar-refractivity contribution in [2.24, 2.45) is 5.73 Å². The molecule has 5 nitrogen and oxygen atoms in total. The molecule has 0 spiro atoms. The second-order valence-corrected chi connectivity index (χ2v) is 4.99. The molecule has 6 heteroatoms. The first-order valence-corrected chi connectivity index (χ1v) is 7.13. The van der Waals surface area contributed by atoms with Gasteiger partial charge >= 0.3 is 5.97 Å². The number of carbonyl (C=O) groups is 1. The molecule has 0 saturated heterocycles. The minimum absolute atomic E-state index is 0. The van der Waals surface area contributed by atoms with E-state index in [0.29, 0.717) is 11.9 Å². The number of aromatic nitrogens is 1. The third kappa shape index (κ3) is 5.66. The van der Waals surface area contributed by atoms with E-state index in [1.54, 1.807) is 18.3 Å². The molecule has 0 bridgehead atoms. The van der Waals surface area contributed by atoms with Gasteiger partial charge in [0.15, 0.2) is 0 Å². The Labute approximate surface area is 150 Å². The van der Waals surface area contributed by atoms with Crippen molar-refractivity contribution in [2.45, 2.75) is 12.5 Å². The summed E-state index contributed by atoms with van der Waals surface area (Å²) in [5, 5.41) is 18.8. The number of carboxylic acids is 1. The summed E-state index contributed by atoms with van der Waals surface area (Å²) in [5.74, 6) is -0.720. The fourth-order valence-electron chi connectivity index (χ4n) is 2.04. The van der Waals surface area contributed by atoms with Crippen LogP contribution in [0.5, 0.6) is 5.75 Å². The van der Waals surface area contributed by atoms with Crippen LogP contribution in [0.1, 0.15) is 5.56 Å². The monoisotopic (exact) mass is 369 g/mol. The maximum Gasteiger partial charge on any atom is 0.320 e. The summed E-state index contributed by atoms with van der Waals surface area (Å²) in [5.41, 5.74) is 6.96. The predicted octanol–water partition coefficient (Wildman–Crippen LogP) is 2.58. The molecule has 0 unspecified atom stereocenters. The zero-order valence-corrected chi connectivity index (χ0v) is 13.8. The van der Waals surface area contributed by atoms with Crippen molar-refractivity contribution in [1.29, 1.82) is 0 Å². The van der Waals surface area contributed by atoms with Gasteiger partial charge in [0.05, 0.1) is 0 Å². The number of benzene rings is 2. The fourth-order valence-corrected chi connectivity index (χ4v) is 2.04. The van der Waals surface area contributed by atoms with E-state index in [1.807, 2.05) is 48.5 Å². The van der Waals surface area contributed by atoms with E-state index in [9.17, 15) is 9.90 Å². The maximum absolute atomic E-state index is 10.4. The first-order chi connectivity index (χ1) is 11.1. The van der Waals surface area contributed by atoms with Crippen molar-refractivity contribution in [2.75, 3.05) is 0 Å². The van der Waals surface area contributed by atoms with Crippen LogP contribution in [0, 0.1) is 0 Å². The fraction of sp³-hybridized carbons (Fsp3) is 0.111. The smallest absolute Gasteiger partial charge is 0.320 e. The van der Waals surface area contributed by atoms with Crippen LogP contribution < -0.4 is 5.73 Å². The van der Waals surface area contributed by atoms with Crippen LogP contribution in [0.25, 0.3) is 10.9 Å². The number of aromatic hydroxyl groups is 1. The Morgan fingerprint density at radius 3 is 2.33 bits per heavy atom. The Bertz CT molecular complexity index is 776. The van der Waals surface area contributed by atoms with E-state index in [4.69, 9.17) is 10.8 Å². The van der Waals surface area contributed by atoms with Gasteiger partial charge in [-0.25, -0.2) is 0 Å². The van der Waals surface area contributed by atoms with Crippen molar-refractivity contribution >= 4 is 16.9 Å². The zero-order chi connectivity index (χ0) is 16.7. The number of pyridine rings is 1. The summed E-state index contributed by atoms with van der Waals surface area (Å²) in [6, 6.07) is 17.7. The van der Waals surface area contributed by atoms with Gasteiger partial charge in [-0.05, 0) is 24.1 Å². The molecule has 4 N–H and O–H groups in total. The second-order valence-electron chi connectivity index (χ2n) is 4.99. The number of carboxylic acid groups (broad SMARTS) is 1. The number of phenolic OH excluding ortho intramolecular Hbond substituents is 1. The molecule has 0 amide bonds. The van der Waals surface area contributed by atoms with Gasteiger partial charge in [-0.2, -0.15) is 0 Å². The van der Waals surface area contributed by atoms with Crippen LogP contribution in [-0.2, 0) is 28.0 Å². The number of nitrogens with two attached hydrogens (primary N) is 1. The van der Waals surface area contributed by atoms with Crippen molar-refractivity contribution in [3.63, 3.8) is 0 Å². The normalized spacial score (nSPS) is 10.9. The molecule has 0 saturated carbocycles. The van der Waals surface area contributed by atoms with Gasteiger partial charge in [-0.1, -0.05) is 48.5 Å². The van der Waals surface area contributed by atoms with E-state index in [2.05, 4.69) is 4.98 Å². The van der Waals surface area contributed by atoms with Crippen LogP contribution in [0.3, 0.4) is 0 Å². The van der Waals surface area contributed by atoms with Crippen LogP contribution in [0.4, 0.5) is 0 Å². The molecule has 1 atom stereocenters. The van der Waals surface area contributed by atoms with Crippen LogP contribution in [0.2, 0.25) is 0 Å². The molecule has 2 aromatic carbocycles. The Morgan fingerprint density at radius 2 is 1.71 bits per heavy atom. The number of nitrogens with zero attached hydrogens (tertiary/aromatic N) is 1. The summed E-state index contributed by atoms with van der Waals surface area (Å²) >= 11 is 0. The molecular weight excluding hydrogens is 351 g/mol. The number of hydrogen-bond donors (Lipinski definition) is 3. The maximum atomic E-state index is 10.4. The Morgan fingerprint density at radius 1 is 1.04 bits per heavy atom. The molecule has 0 aliphatic carbocycles. The largest absolute Gasteiger partial charge is 0.506 e. The SMILES string of the molecule is N[C@@H](Cc1ccccc1)C(=O)O.Oc1cccc2cccnc12.[Co]. The van der Waals surface area contributed by atoms with Gasteiger partial charge < -0.3 is 15.9 Å². The van der Waals surface area contributed by atoms with Gasteiger partial charge in [-0.3, -0.25) is 9.78 Å². The number of fused-ring (bicyclic) bond motifs is 1. The Balaban J connectivity index is 0.000000231. The summed E-state index contributed by atoms with van der Waals surface area (Å²) in [4.78, 5) is 14.4. The standard InChI is InChI=1S/C9H11NO2.C9H7NO.Co/c10-8(9(11)12)6-7-4-2-1-3-5-7;11-8-5-1-3-7-4-2-6-10-9(7)8;/h1-5,8H,6,10H2,(H,11,12);1-6,11H;/t8-;;/m0../s1. The van der Waals surface area contributed by atoms with Gasteiger partial charge in [-0.15, -0.1) is 0 Å². The van der Waals surface area contributed by atoms with Crippen LogP contribution >= 0.6 is 0 Å². The summed E-state index contributed by atoms with van der Waals surface area (Å²) in [6.45, 7) is 0. The van der Waals surface area contributed by atoms with Gasteiger partial charge in [0.2, 0.25) is 0 Å².